The van der Waals surface area contributed by atoms with Crippen molar-refractivity contribution in [1.29, 1.82) is 0 Å². The van der Waals surface area contributed by atoms with Gasteiger partial charge in [0, 0.05) is 6.04 Å². The summed E-state index contributed by atoms with van der Waals surface area (Å²) in [6.07, 6.45) is 4.36. The van der Waals surface area contributed by atoms with Gasteiger partial charge in [0.25, 0.3) is 0 Å². The molecule has 1 saturated carbocycles. The Kier molecular flexibility index (Phi) is 2.17. The fourth-order valence-corrected chi connectivity index (χ4v) is 1.73. The lowest BCUT2D eigenvalue weighted by Gasteiger charge is -2.33. The van der Waals surface area contributed by atoms with Gasteiger partial charge in [-0.15, -0.1) is 0 Å². The van der Waals surface area contributed by atoms with Crippen molar-refractivity contribution in [3.8, 4) is 0 Å². The van der Waals surface area contributed by atoms with Crippen molar-refractivity contribution in [2.75, 3.05) is 0 Å². The Bertz CT molecular complexity index is 224. The van der Waals surface area contributed by atoms with E-state index < -0.39 is 0 Å². The molecule has 12 heavy (non-hydrogen) atoms. The van der Waals surface area contributed by atoms with Crippen LogP contribution in [0.25, 0.3) is 0 Å². The Balaban J connectivity index is 1.70. The number of hydrogen-bond donors (Lipinski definition) is 1. The molecule has 2 heteroatoms. The van der Waals surface area contributed by atoms with E-state index in [1.54, 1.807) is 6.26 Å². The molecule has 66 valence electrons. The largest absolute Gasteiger partial charge is 0.468 e. The van der Waals surface area contributed by atoms with Crippen LogP contribution in [0.15, 0.2) is 22.8 Å². The lowest BCUT2D eigenvalue weighted by Crippen LogP contribution is -2.39. The summed E-state index contributed by atoms with van der Waals surface area (Å²) in [6.45, 7) is 3.18. The third-order valence-corrected chi connectivity index (χ3v) is 2.52. The van der Waals surface area contributed by atoms with E-state index in [2.05, 4.69) is 12.2 Å². The molecule has 0 spiro atoms. The molecule has 1 aromatic rings. The summed E-state index contributed by atoms with van der Waals surface area (Å²) < 4.78 is 5.22. The van der Waals surface area contributed by atoms with E-state index in [0.717, 1.165) is 24.3 Å². The summed E-state index contributed by atoms with van der Waals surface area (Å²) >= 11 is 0. The average Bonchev–Trinajstić information content (AvgIpc) is 2.47. The second-order valence-corrected chi connectivity index (χ2v) is 3.73. The molecule has 0 amide bonds. The molecule has 1 N–H and O–H groups in total. The van der Waals surface area contributed by atoms with Crippen LogP contribution in [-0.4, -0.2) is 6.04 Å². The molecule has 0 aromatic carbocycles. The van der Waals surface area contributed by atoms with Crippen LogP contribution in [0, 0.1) is 5.92 Å². The van der Waals surface area contributed by atoms with E-state index in [-0.39, 0.29) is 0 Å². The minimum absolute atomic E-state index is 0.727. The molecule has 2 nitrogen and oxygen atoms in total. The third-order valence-electron chi connectivity index (χ3n) is 2.52. The molecule has 1 aliphatic rings. The monoisotopic (exact) mass is 165 g/mol. The predicted octanol–water partition coefficient (Wildman–Crippen LogP) is 2.17. The molecule has 0 atom stereocenters. The maximum Gasteiger partial charge on any atom is 0.117 e. The summed E-state index contributed by atoms with van der Waals surface area (Å²) in [7, 11) is 0. The summed E-state index contributed by atoms with van der Waals surface area (Å²) in [5.74, 6) is 1.95. The third kappa shape index (κ3) is 1.69. The molecule has 2 rings (SSSR count). The maximum atomic E-state index is 5.22. The zero-order valence-corrected chi connectivity index (χ0v) is 7.42. The van der Waals surface area contributed by atoms with Crippen LogP contribution in [-0.2, 0) is 6.54 Å². The highest BCUT2D eigenvalue weighted by atomic mass is 16.3. The second-order valence-electron chi connectivity index (χ2n) is 3.73. The van der Waals surface area contributed by atoms with Crippen LogP contribution in [0.1, 0.15) is 25.5 Å². The number of nitrogens with one attached hydrogen (secondary N) is 1. The van der Waals surface area contributed by atoms with E-state index in [0.29, 0.717) is 0 Å². The van der Waals surface area contributed by atoms with Crippen LogP contribution in [0.4, 0.5) is 0 Å². The zero-order chi connectivity index (χ0) is 8.39. The fourth-order valence-electron chi connectivity index (χ4n) is 1.73. The van der Waals surface area contributed by atoms with Crippen LogP contribution in [0.5, 0.6) is 0 Å². The molecule has 1 fully saturated rings. The van der Waals surface area contributed by atoms with Gasteiger partial charge in [-0.1, -0.05) is 6.92 Å². The summed E-state index contributed by atoms with van der Waals surface area (Å²) in [4.78, 5) is 0. The van der Waals surface area contributed by atoms with E-state index in [1.165, 1.54) is 12.8 Å². The van der Waals surface area contributed by atoms with Crippen molar-refractivity contribution in [2.45, 2.75) is 32.4 Å². The molecule has 0 unspecified atom stereocenters. The van der Waals surface area contributed by atoms with Gasteiger partial charge in [-0.05, 0) is 30.9 Å². The Labute approximate surface area is 73.0 Å². The van der Waals surface area contributed by atoms with Crippen molar-refractivity contribution in [3.05, 3.63) is 24.2 Å². The molecule has 0 radical (unpaired) electrons. The van der Waals surface area contributed by atoms with Crippen molar-refractivity contribution < 1.29 is 4.42 Å². The molecule has 1 heterocycles. The van der Waals surface area contributed by atoms with Crippen LogP contribution in [0.3, 0.4) is 0 Å². The highest BCUT2D eigenvalue weighted by molar-refractivity contribution is 4.98. The Morgan fingerprint density at radius 1 is 1.58 bits per heavy atom. The van der Waals surface area contributed by atoms with Gasteiger partial charge in [-0.25, -0.2) is 0 Å². The highest BCUT2D eigenvalue weighted by Crippen LogP contribution is 2.26. The maximum absolute atomic E-state index is 5.22. The summed E-state index contributed by atoms with van der Waals surface area (Å²) in [6, 6.07) is 4.67. The first-order valence-electron chi connectivity index (χ1n) is 4.60. The summed E-state index contributed by atoms with van der Waals surface area (Å²) in [5.41, 5.74) is 0. The first-order chi connectivity index (χ1) is 5.84. The van der Waals surface area contributed by atoms with Crippen LogP contribution < -0.4 is 5.32 Å². The van der Waals surface area contributed by atoms with Gasteiger partial charge in [0.15, 0.2) is 0 Å². The van der Waals surface area contributed by atoms with Crippen LogP contribution >= 0.6 is 0 Å². The normalized spacial score (nSPS) is 28.4. The van der Waals surface area contributed by atoms with Gasteiger partial charge in [0.05, 0.1) is 12.8 Å². The minimum atomic E-state index is 0.727. The molecule has 1 aliphatic carbocycles. The van der Waals surface area contributed by atoms with Gasteiger partial charge in [0.1, 0.15) is 5.76 Å². The number of furan rings is 1. The van der Waals surface area contributed by atoms with Gasteiger partial charge in [-0.3, -0.25) is 0 Å². The standard InChI is InChI=1S/C10H15NO/c1-8-5-9(6-8)11-7-10-3-2-4-12-10/h2-4,8-9,11H,5-7H2,1H3. The lowest BCUT2D eigenvalue weighted by molar-refractivity contribution is 0.235. The first kappa shape index (κ1) is 7.87. The highest BCUT2D eigenvalue weighted by Gasteiger charge is 2.24. The molecule has 0 aliphatic heterocycles. The lowest BCUT2D eigenvalue weighted by atomic mass is 9.82. The van der Waals surface area contributed by atoms with E-state index >= 15 is 0 Å². The zero-order valence-electron chi connectivity index (χ0n) is 7.42. The van der Waals surface area contributed by atoms with Crippen LogP contribution in [0.2, 0.25) is 0 Å². The van der Waals surface area contributed by atoms with Crippen molar-refractivity contribution in [3.63, 3.8) is 0 Å². The molecule has 0 bridgehead atoms. The van der Waals surface area contributed by atoms with Gasteiger partial charge < -0.3 is 9.73 Å². The predicted molar refractivity (Wildman–Crippen MR) is 47.7 cm³/mol. The Morgan fingerprint density at radius 2 is 2.42 bits per heavy atom. The first-order valence-corrected chi connectivity index (χ1v) is 4.60. The molecule has 1 aromatic heterocycles. The number of rotatable bonds is 3. The van der Waals surface area contributed by atoms with Gasteiger partial charge in [0.2, 0.25) is 0 Å². The molecular weight excluding hydrogens is 150 g/mol. The van der Waals surface area contributed by atoms with Crippen molar-refractivity contribution in [1.82, 2.24) is 5.32 Å². The SMILES string of the molecule is CC1CC(NCc2ccco2)C1. The van der Waals surface area contributed by atoms with E-state index in [1.807, 2.05) is 12.1 Å². The fraction of sp³-hybridized carbons (Fsp3) is 0.600. The quantitative estimate of drug-likeness (QED) is 0.742. The minimum Gasteiger partial charge on any atom is -0.468 e. The van der Waals surface area contributed by atoms with E-state index in [4.69, 9.17) is 4.42 Å². The number of hydrogen-bond acceptors (Lipinski definition) is 2. The summed E-state index contributed by atoms with van der Waals surface area (Å²) in [5, 5.41) is 3.46. The Morgan fingerprint density at radius 3 is 3.00 bits per heavy atom. The van der Waals surface area contributed by atoms with Crippen molar-refractivity contribution >= 4 is 0 Å². The van der Waals surface area contributed by atoms with Gasteiger partial charge in [-0.2, -0.15) is 0 Å². The smallest absolute Gasteiger partial charge is 0.117 e. The molecular formula is C10H15NO. The average molecular weight is 165 g/mol. The second kappa shape index (κ2) is 3.31. The molecule has 0 saturated heterocycles. The van der Waals surface area contributed by atoms with E-state index in [9.17, 15) is 0 Å². The van der Waals surface area contributed by atoms with Crippen molar-refractivity contribution in [2.24, 2.45) is 5.92 Å². The van der Waals surface area contributed by atoms with Gasteiger partial charge >= 0.3 is 0 Å². The Hall–Kier alpha value is -0.760. The topological polar surface area (TPSA) is 25.2 Å².